The van der Waals surface area contributed by atoms with Gasteiger partial charge in [-0.25, -0.2) is 0 Å². The minimum absolute atomic E-state index is 0.00690. The molecule has 0 aliphatic rings. The van der Waals surface area contributed by atoms with Crippen LogP contribution in [0.3, 0.4) is 0 Å². The van der Waals surface area contributed by atoms with Crippen molar-refractivity contribution in [2.24, 2.45) is 0 Å². The van der Waals surface area contributed by atoms with Gasteiger partial charge in [-0.3, -0.25) is 0 Å². The predicted octanol–water partition coefficient (Wildman–Crippen LogP) is 4.87. The quantitative estimate of drug-likeness (QED) is 0.558. The molecule has 0 amide bonds. The Kier molecular flexibility index (Phi) is 5.02. The van der Waals surface area contributed by atoms with Crippen LogP contribution in [0.2, 0.25) is 19.6 Å². The number of hydrogen-bond donors (Lipinski definition) is 0. The van der Waals surface area contributed by atoms with E-state index in [1.807, 2.05) is 39.0 Å². The number of hydrogen-bond acceptors (Lipinski definition) is 2. The summed E-state index contributed by atoms with van der Waals surface area (Å²) in [6, 6.07) is 10.2. The van der Waals surface area contributed by atoms with Crippen LogP contribution in [0.5, 0.6) is 0 Å². The minimum Gasteiger partial charge on any atom is -0.520 e. The van der Waals surface area contributed by atoms with Gasteiger partial charge in [-0.15, -0.1) is 0 Å². The van der Waals surface area contributed by atoms with Crippen molar-refractivity contribution in [1.82, 2.24) is 0 Å². The normalized spacial score (nSPS) is 12.8. The second-order valence-corrected chi connectivity index (χ2v) is 10.1. The molecule has 0 N–H and O–H groups in total. The molecule has 0 aliphatic heterocycles. The van der Waals surface area contributed by atoms with E-state index in [1.165, 1.54) is 0 Å². The Morgan fingerprint density at radius 1 is 1.06 bits per heavy atom. The summed E-state index contributed by atoms with van der Waals surface area (Å²) in [5.74, 6) is 0.686. The van der Waals surface area contributed by atoms with Crippen LogP contribution in [-0.2, 0) is 9.16 Å². The first-order valence-electron chi connectivity index (χ1n) is 6.37. The lowest BCUT2D eigenvalue weighted by molar-refractivity contribution is 0.0459. The van der Waals surface area contributed by atoms with E-state index in [9.17, 15) is 0 Å². The van der Waals surface area contributed by atoms with Crippen LogP contribution in [0, 0.1) is 0 Å². The number of benzene rings is 1. The second-order valence-electron chi connectivity index (χ2n) is 5.67. The van der Waals surface area contributed by atoms with Crippen LogP contribution in [0.15, 0.2) is 41.9 Å². The fraction of sp³-hybridized carbons (Fsp3) is 0.467. The molecule has 0 fully saturated rings. The van der Waals surface area contributed by atoms with Gasteiger partial charge in [0.05, 0.1) is 0 Å². The van der Waals surface area contributed by atoms with Gasteiger partial charge in [-0.2, -0.15) is 0 Å². The molecule has 2 nitrogen and oxygen atoms in total. The SMILES string of the molecule is CC(C)=C(OC(C)c1ccccc1)O[Si](C)(C)C. The Bertz CT molecular complexity index is 400. The maximum atomic E-state index is 5.99. The monoisotopic (exact) mass is 264 g/mol. The molecule has 3 heteroatoms. The van der Waals surface area contributed by atoms with Crippen molar-refractivity contribution >= 4 is 8.32 Å². The zero-order valence-electron chi connectivity index (χ0n) is 12.3. The first-order valence-corrected chi connectivity index (χ1v) is 9.78. The summed E-state index contributed by atoms with van der Waals surface area (Å²) in [6.45, 7) is 12.6. The summed E-state index contributed by atoms with van der Waals surface area (Å²) >= 11 is 0. The van der Waals surface area contributed by atoms with Crippen molar-refractivity contribution < 1.29 is 9.16 Å². The van der Waals surface area contributed by atoms with Gasteiger partial charge < -0.3 is 9.16 Å². The zero-order chi connectivity index (χ0) is 13.8. The van der Waals surface area contributed by atoms with E-state index in [0.29, 0.717) is 5.95 Å². The lowest BCUT2D eigenvalue weighted by atomic mass is 10.1. The third kappa shape index (κ3) is 4.96. The molecule has 1 rings (SSSR count). The molecule has 0 aromatic heterocycles. The molecule has 0 radical (unpaired) electrons. The molecule has 0 spiro atoms. The van der Waals surface area contributed by atoms with Crippen LogP contribution in [0.1, 0.15) is 32.4 Å². The molecule has 100 valence electrons. The fourth-order valence-corrected chi connectivity index (χ4v) is 2.28. The highest BCUT2D eigenvalue weighted by Gasteiger charge is 2.21. The molecule has 18 heavy (non-hydrogen) atoms. The highest BCUT2D eigenvalue weighted by atomic mass is 28.4. The first kappa shape index (κ1) is 14.8. The summed E-state index contributed by atoms with van der Waals surface area (Å²) in [5.41, 5.74) is 2.25. The van der Waals surface area contributed by atoms with Crippen molar-refractivity contribution in [3.63, 3.8) is 0 Å². The van der Waals surface area contributed by atoms with E-state index in [-0.39, 0.29) is 6.10 Å². The number of ether oxygens (including phenoxy) is 1. The van der Waals surface area contributed by atoms with Gasteiger partial charge in [0.1, 0.15) is 6.10 Å². The summed E-state index contributed by atoms with van der Waals surface area (Å²) in [4.78, 5) is 0. The summed E-state index contributed by atoms with van der Waals surface area (Å²) < 4.78 is 12.0. The van der Waals surface area contributed by atoms with Gasteiger partial charge in [0.2, 0.25) is 8.32 Å². The summed E-state index contributed by atoms with van der Waals surface area (Å²) in [7, 11) is -1.63. The Balaban J connectivity index is 2.78. The van der Waals surface area contributed by atoms with Crippen molar-refractivity contribution in [2.45, 2.75) is 46.5 Å². The highest BCUT2D eigenvalue weighted by Crippen LogP contribution is 2.24. The molecule has 1 unspecified atom stereocenters. The fourth-order valence-electron chi connectivity index (χ4n) is 1.47. The predicted molar refractivity (Wildman–Crippen MR) is 78.7 cm³/mol. The Morgan fingerprint density at radius 2 is 1.61 bits per heavy atom. The van der Waals surface area contributed by atoms with Gasteiger partial charge >= 0.3 is 0 Å². The molecule has 0 saturated carbocycles. The van der Waals surface area contributed by atoms with Crippen LogP contribution in [0.4, 0.5) is 0 Å². The van der Waals surface area contributed by atoms with Crippen molar-refractivity contribution in [1.29, 1.82) is 0 Å². The minimum atomic E-state index is -1.63. The van der Waals surface area contributed by atoms with E-state index in [2.05, 4.69) is 31.8 Å². The first-order chi connectivity index (χ1) is 8.29. The molecule has 0 heterocycles. The average Bonchev–Trinajstić information content (AvgIpc) is 2.27. The highest BCUT2D eigenvalue weighted by molar-refractivity contribution is 6.70. The van der Waals surface area contributed by atoms with E-state index < -0.39 is 8.32 Å². The lowest BCUT2D eigenvalue weighted by Gasteiger charge is -2.25. The lowest BCUT2D eigenvalue weighted by Crippen LogP contribution is -2.26. The van der Waals surface area contributed by atoms with Crippen molar-refractivity contribution in [3.05, 3.63) is 47.4 Å². The molecule has 1 aromatic rings. The van der Waals surface area contributed by atoms with Crippen molar-refractivity contribution in [3.8, 4) is 0 Å². The van der Waals surface area contributed by atoms with Crippen LogP contribution in [-0.4, -0.2) is 8.32 Å². The Labute approximate surface area is 112 Å². The molecular weight excluding hydrogens is 240 g/mol. The molecular formula is C15H24O2Si. The standard InChI is InChI=1S/C15H24O2Si/c1-12(2)15(17-18(4,5)6)16-13(3)14-10-8-7-9-11-14/h7-11,13H,1-6H3. The van der Waals surface area contributed by atoms with E-state index >= 15 is 0 Å². The molecule has 0 aliphatic carbocycles. The molecule has 1 atom stereocenters. The van der Waals surface area contributed by atoms with Gasteiger partial charge in [0.25, 0.3) is 5.95 Å². The second kappa shape index (κ2) is 6.09. The third-order valence-corrected chi connectivity index (χ3v) is 3.16. The number of rotatable bonds is 5. The average molecular weight is 264 g/mol. The molecule has 0 bridgehead atoms. The van der Waals surface area contributed by atoms with Gasteiger partial charge in [0.15, 0.2) is 0 Å². The Hall–Kier alpha value is -1.22. The molecule has 1 aromatic carbocycles. The van der Waals surface area contributed by atoms with Crippen LogP contribution >= 0.6 is 0 Å². The Morgan fingerprint density at radius 3 is 2.06 bits per heavy atom. The van der Waals surface area contributed by atoms with E-state index in [1.54, 1.807) is 0 Å². The maximum absolute atomic E-state index is 5.99. The smallest absolute Gasteiger partial charge is 0.264 e. The summed E-state index contributed by atoms with van der Waals surface area (Å²) in [6.07, 6.45) is 0.00690. The zero-order valence-corrected chi connectivity index (χ0v) is 13.3. The van der Waals surface area contributed by atoms with E-state index in [0.717, 1.165) is 11.1 Å². The van der Waals surface area contributed by atoms with Crippen LogP contribution in [0.25, 0.3) is 0 Å². The topological polar surface area (TPSA) is 18.5 Å². The summed E-state index contributed by atoms with van der Waals surface area (Å²) in [5, 5.41) is 0. The third-order valence-electron chi connectivity index (χ3n) is 2.36. The van der Waals surface area contributed by atoms with Crippen LogP contribution < -0.4 is 0 Å². The molecule has 0 saturated heterocycles. The van der Waals surface area contributed by atoms with Gasteiger partial charge in [0, 0.05) is 5.57 Å². The maximum Gasteiger partial charge on any atom is 0.264 e. The van der Waals surface area contributed by atoms with Gasteiger partial charge in [-0.05, 0) is 46.0 Å². The number of allylic oxidation sites excluding steroid dienone is 1. The largest absolute Gasteiger partial charge is 0.520 e. The van der Waals surface area contributed by atoms with Crippen molar-refractivity contribution in [2.75, 3.05) is 0 Å². The van der Waals surface area contributed by atoms with Gasteiger partial charge in [-0.1, -0.05) is 30.3 Å². The van der Waals surface area contributed by atoms with E-state index in [4.69, 9.17) is 9.16 Å².